The zero-order chi connectivity index (χ0) is 25.1. The molecule has 3 aromatic heterocycles. The second-order valence-electron chi connectivity index (χ2n) is 9.62. The van der Waals surface area contributed by atoms with Gasteiger partial charge in [0.2, 0.25) is 0 Å². The van der Waals surface area contributed by atoms with Gasteiger partial charge in [0.05, 0.1) is 16.7 Å². The molecule has 0 amide bonds. The SMILES string of the molecule is c1ccc(-c2cc(-c3cccc4c3oc3ccccc34)cc(-n3c4ccccc4c4ccccc43)n2)cc1. The molecule has 5 aromatic carbocycles. The van der Waals surface area contributed by atoms with Gasteiger partial charge in [-0.15, -0.1) is 0 Å². The molecule has 3 heterocycles. The van der Waals surface area contributed by atoms with Crippen molar-refractivity contribution in [1.82, 2.24) is 9.55 Å². The second kappa shape index (κ2) is 8.19. The third-order valence-electron chi connectivity index (χ3n) is 7.41. The molecule has 0 aliphatic carbocycles. The van der Waals surface area contributed by atoms with E-state index in [-0.39, 0.29) is 0 Å². The van der Waals surface area contributed by atoms with Gasteiger partial charge in [-0.05, 0) is 35.9 Å². The van der Waals surface area contributed by atoms with Gasteiger partial charge in [0.25, 0.3) is 0 Å². The Labute approximate surface area is 219 Å². The summed E-state index contributed by atoms with van der Waals surface area (Å²) in [5, 5.41) is 4.69. The summed E-state index contributed by atoms with van der Waals surface area (Å²) in [5.74, 6) is 0.881. The van der Waals surface area contributed by atoms with Crippen molar-refractivity contribution in [2.75, 3.05) is 0 Å². The summed E-state index contributed by atoms with van der Waals surface area (Å²) in [4.78, 5) is 5.23. The fourth-order valence-corrected chi connectivity index (χ4v) is 5.69. The van der Waals surface area contributed by atoms with Gasteiger partial charge in [-0.3, -0.25) is 4.57 Å². The molecule has 3 nitrogen and oxygen atoms in total. The molecule has 0 atom stereocenters. The maximum absolute atomic E-state index is 6.43. The monoisotopic (exact) mass is 486 g/mol. The summed E-state index contributed by atoms with van der Waals surface area (Å²) in [5.41, 5.74) is 8.20. The first-order valence-corrected chi connectivity index (χ1v) is 12.8. The molecule has 0 aliphatic rings. The molecular formula is C35H22N2O. The predicted molar refractivity (Wildman–Crippen MR) is 157 cm³/mol. The van der Waals surface area contributed by atoms with Gasteiger partial charge in [0, 0.05) is 32.7 Å². The van der Waals surface area contributed by atoms with Crippen LogP contribution in [0.1, 0.15) is 0 Å². The smallest absolute Gasteiger partial charge is 0.143 e. The highest BCUT2D eigenvalue weighted by atomic mass is 16.3. The lowest BCUT2D eigenvalue weighted by atomic mass is 10.0. The summed E-state index contributed by atoms with van der Waals surface area (Å²) in [6.45, 7) is 0. The maximum atomic E-state index is 6.43. The second-order valence-corrected chi connectivity index (χ2v) is 9.62. The summed E-state index contributed by atoms with van der Waals surface area (Å²) in [6, 6.07) is 46.5. The third kappa shape index (κ3) is 3.12. The highest BCUT2D eigenvalue weighted by Crippen LogP contribution is 2.38. The van der Waals surface area contributed by atoms with E-state index in [1.54, 1.807) is 0 Å². The lowest BCUT2D eigenvalue weighted by molar-refractivity contribution is 0.670. The molecule has 3 heteroatoms. The molecule has 0 radical (unpaired) electrons. The Morgan fingerprint density at radius 2 is 1.13 bits per heavy atom. The van der Waals surface area contributed by atoms with E-state index in [9.17, 15) is 0 Å². The molecule has 0 N–H and O–H groups in total. The molecule has 38 heavy (non-hydrogen) atoms. The Balaban J connectivity index is 1.47. The maximum Gasteiger partial charge on any atom is 0.143 e. The van der Waals surface area contributed by atoms with Crippen molar-refractivity contribution in [1.29, 1.82) is 0 Å². The van der Waals surface area contributed by atoms with Crippen molar-refractivity contribution < 1.29 is 4.42 Å². The van der Waals surface area contributed by atoms with E-state index in [0.717, 1.165) is 61.2 Å². The molecule has 0 saturated heterocycles. The Morgan fingerprint density at radius 3 is 1.89 bits per heavy atom. The van der Waals surface area contributed by atoms with Crippen LogP contribution in [0.2, 0.25) is 0 Å². The molecule has 178 valence electrons. The first kappa shape index (κ1) is 21.0. The number of hydrogen-bond donors (Lipinski definition) is 0. The number of rotatable bonds is 3. The van der Waals surface area contributed by atoms with Crippen LogP contribution in [0, 0.1) is 0 Å². The minimum atomic E-state index is 0.881. The van der Waals surface area contributed by atoms with Crippen LogP contribution in [0.3, 0.4) is 0 Å². The molecule has 8 aromatic rings. The van der Waals surface area contributed by atoms with E-state index in [4.69, 9.17) is 9.40 Å². The third-order valence-corrected chi connectivity index (χ3v) is 7.41. The van der Waals surface area contributed by atoms with Crippen LogP contribution in [-0.2, 0) is 0 Å². The molecular weight excluding hydrogens is 464 g/mol. The van der Waals surface area contributed by atoms with Crippen molar-refractivity contribution in [3.05, 3.63) is 133 Å². The van der Waals surface area contributed by atoms with E-state index >= 15 is 0 Å². The first-order valence-electron chi connectivity index (χ1n) is 12.8. The van der Waals surface area contributed by atoms with Gasteiger partial charge in [0.15, 0.2) is 0 Å². The lowest BCUT2D eigenvalue weighted by Crippen LogP contribution is -2.00. The molecule has 0 unspecified atom stereocenters. The van der Waals surface area contributed by atoms with Crippen LogP contribution in [0.15, 0.2) is 138 Å². The average molecular weight is 487 g/mol. The number of nitrogens with zero attached hydrogens (tertiary/aromatic N) is 2. The van der Waals surface area contributed by atoms with Crippen LogP contribution in [0.5, 0.6) is 0 Å². The van der Waals surface area contributed by atoms with E-state index in [1.807, 2.05) is 18.2 Å². The molecule has 8 rings (SSSR count). The summed E-state index contributed by atoms with van der Waals surface area (Å²) >= 11 is 0. The Kier molecular flexibility index (Phi) is 4.52. The summed E-state index contributed by atoms with van der Waals surface area (Å²) < 4.78 is 8.70. The number of hydrogen-bond acceptors (Lipinski definition) is 2. The normalized spacial score (nSPS) is 11.7. The highest BCUT2D eigenvalue weighted by Gasteiger charge is 2.17. The number of para-hydroxylation sites is 4. The number of aromatic nitrogens is 2. The summed E-state index contributed by atoms with van der Waals surface area (Å²) in [7, 11) is 0. The Hall–Kier alpha value is -5.15. The van der Waals surface area contributed by atoms with E-state index < -0.39 is 0 Å². The number of furan rings is 1. The van der Waals surface area contributed by atoms with E-state index in [0.29, 0.717) is 0 Å². The van der Waals surface area contributed by atoms with Crippen molar-refractivity contribution >= 4 is 43.7 Å². The van der Waals surface area contributed by atoms with Crippen LogP contribution < -0.4 is 0 Å². The van der Waals surface area contributed by atoms with Crippen molar-refractivity contribution in [2.24, 2.45) is 0 Å². The van der Waals surface area contributed by atoms with Gasteiger partial charge in [-0.1, -0.05) is 103 Å². The van der Waals surface area contributed by atoms with Crippen LogP contribution in [-0.4, -0.2) is 9.55 Å². The minimum Gasteiger partial charge on any atom is -0.455 e. The number of pyridine rings is 1. The van der Waals surface area contributed by atoms with Gasteiger partial charge in [-0.2, -0.15) is 0 Å². The molecule has 0 spiro atoms. The molecule has 0 fully saturated rings. The number of benzene rings is 5. The van der Waals surface area contributed by atoms with Crippen LogP contribution in [0.4, 0.5) is 0 Å². The van der Waals surface area contributed by atoms with Gasteiger partial charge in [0.1, 0.15) is 17.0 Å². The van der Waals surface area contributed by atoms with Crippen molar-refractivity contribution in [2.45, 2.75) is 0 Å². The quantitative estimate of drug-likeness (QED) is 0.249. The zero-order valence-corrected chi connectivity index (χ0v) is 20.5. The summed E-state index contributed by atoms with van der Waals surface area (Å²) in [6.07, 6.45) is 0. The van der Waals surface area contributed by atoms with Gasteiger partial charge in [-0.25, -0.2) is 4.98 Å². The van der Waals surface area contributed by atoms with Crippen LogP contribution in [0.25, 0.3) is 71.9 Å². The first-order chi connectivity index (χ1) is 18.8. The van der Waals surface area contributed by atoms with E-state index in [1.165, 1.54) is 10.8 Å². The predicted octanol–water partition coefficient (Wildman–Crippen LogP) is 9.41. The van der Waals surface area contributed by atoms with Crippen molar-refractivity contribution in [3.63, 3.8) is 0 Å². The van der Waals surface area contributed by atoms with Crippen molar-refractivity contribution in [3.8, 4) is 28.2 Å². The molecule has 0 aliphatic heterocycles. The molecule has 0 saturated carbocycles. The van der Waals surface area contributed by atoms with Crippen LogP contribution >= 0.6 is 0 Å². The van der Waals surface area contributed by atoms with Gasteiger partial charge >= 0.3 is 0 Å². The fourth-order valence-electron chi connectivity index (χ4n) is 5.69. The highest BCUT2D eigenvalue weighted by molar-refractivity contribution is 6.11. The Bertz CT molecular complexity index is 2080. The fraction of sp³-hybridized carbons (Fsp3) is 0. The zero-order valence-electron chi connectivity index (χ0n) is 20.5. The Morgan fingerprint density at radius 1 is 0.500 bits per heavy atom. The largest absolute Gasteiger partial charge is 0.455 e. The molecule has 0 bridgehead atoms. The topological polar surface area (TPSA) is 31.0 Å². The lowest BCUT2D eigenvalue weighted by Gasteiger charge is -2.13. The van der Waals surface area contributed by atoms with E-state index in [2.05, 4.69) is 120 Å². The standard InChI is InChI=1S/C35H22N2O/c1-2-11-23(12-3-1)30-21-24(25-16-10-17-29-28-15-6-9-20-33(28)38-35(25)29)22-34(36-30)37-31-18-7-4-13-26(31)27-14-5-8-19-32(27)37/h1-22H. The van der Waals surface area contributed by atoms with Gasteiger partial charge < -0.3 is 4.42 Å². The number of fused-ring (bicyclic) bond motifs is 6. The minimum absolute atomic E-state index is 0.881. The average Bonchev–Trinajstić information content (AvgIpc) is 3.53.